The molecule has 0 spiro atoms. The van der Waals surface area contributed by atoms with Crippen LogP contribution in [0, 0.1) is 0 Å². The molecule has 0 aliphatic rings. The summed E-state index contributed by atoms with van der Waals surface area (Å²) in [4.78, 5) is 6.43. The van der Waals surface area contributed by atoms with Crippen molar-refractivity contribution in [2.45, 2.75) is 39.7 Å². The van der Waals surface area contributed by atoms with Crippen LogP contribution >= 0.6 is 23.2 Å². The second kappa shape index (κ2) is 8.51. The number of rotatable bonds is 8. The third-order valence-electron chi connectivity index (χ3n) is 3.01. The highest BCUT2D eigenvalue weighted by atomic mass is 35.5. The Bertz CT molecular complexity index is 384. The van der Waals surface area contributed by atoms with Crippen LogP contribution in [0.5, 0.6) is 0 Å². The van der Waals surface area contributed by atoms with Crippen LogP contribution in [0.1, 0.15) is 33.6 Å². The van der Waals surface area contributed by atoms with Gasteiger partial charge in [0.2, 0.25) is 5.28 Å². The Morgan fingerprint density at radius 1 is 1.21 bits per heavy atom. The first-order valence-electron chi connectivity index (χ1n) is 6.61. The molecule has 108 valence electrons. The summed E-state index contributed by atoms with van der Waals surface area (Å²) < 4.78 is 0. The minimum atomic E-state index is 0.0993. The van der Waals surface area contributed by atoms with Gasteiger partial charge >= 0.3 is 0 Å². The lowest BCUT2D eigenvalue weighted by molar-refractivity contribution is 0.295. The van der Waals surface area contributed by atoms with E-state index in [1.165, 1.54) is 0 Å². The summed E-state index contributed by atoms with van der Waals surface area (Å²) in [6.07, 6.45) is 2.16. The lowest BCUT2D eigenvalue weighted by Gasteiger charge is -2.20. The van der Waals surface area contributed by atoms with Crippen molar-refractivity contribution in [1.29, 1.82) is 0 Å². The Kier molecular flexibility index (Phi) is 7.34. The van der Waals surface area contributed by atoms with Crippen molar-refractivity contribution < 1.29 is 0 Å². The van der Waals surface area contributed by atoms with Gasteiger partial charge in [-0.25, -0.2) is 0 Å². The highest BCUT2D eigenvalue weighted by molar-refractivity contribution is 6.32. The minimum absolute atomic E-state index is 0.0993. The number of hydrogen-bond acceptors (Lipinski definition) is 5. The molecule has 0 aliphatic heterocycles. The zero-order valence-electron chi connectivity index (χ0n) is 11.7. The highest BCUT2D eigenvalue weighted by Crippen LogP contribution is 2.18. The van der Waals surface area contributed by atoms with Gasteiger partial charge in [-0.15, -0.1) is 10.2 Å². The average Bonchev–Trinajstić information content (AvgIpc) is 2.39. The number of nitrogens with zero attached hydrogens (tertiary/aromatic N) is 4. The molecule has 1 unspecified atom stereocenters. The van der Waals surface area contributed by atoms with Crippen LogP contribution in [-0.2, 0) is 0 Å². The molecule has 1 aromatic rings. The molecule has 19 heavy (non-hydrogen) atoms. The van der Waals surface area contributed by atoms with Gasteiger partial charge in [0.05, 0.1) is 0 Å². The third kappa shape index (κ3) is 5.89. The van der Waals surface area contributed by atoms with E-state index in [-0.39, 0.29) is 16.5 Å². The van der Waals surface area contributed by atoms with Crippen molar-refractivity contribution in [3.8, 4) is 0 Å². The molecule has 0 radical (unpaired) electrons. The predicted molar refractivity (Wildman–Crippen MR) is 80.0 cm³/mol. The van der Waals surface area contributed by atoms with E-state index >= 15 is 0 Å². The summed E-state index contributed by atoms with van der Waals surface area (Å²) in [5.41, 5.74) is 0. The highest BCUT2D eigenvalue weighted by Gasteiger charge is 2.10. The first-order valence-corrected chi connectivity index (χ1v) is 7.37. The quantitative estimate of drug-likeness (QED) is 0.800. The number of aromatic nitrogens is 3. The molecule has 5 nitrogen and oxygen atoms in total. The fourth-order valence-electron chi connectivity index (χ4n) is 1.85. The maximum atomic E-state index is 5.90. The van der Waals surface area contributed by atoms with Gasteiger partial charge in [-0.05, 0) is 51.0 Å². The Balaban J connectivity index is 2.38. The lowest BCUT2D eigenvalue weighted by atomic mass is 10.2. The summed E-state index contributed by atoms with van der Waals surface area (Å²) in [5, 5.41) is 10.9. The van der Waals surface area contributed by atoms with E-state index in [0.29, 0.717) is 5.82 Å². The standard InChI is InChI=1S/C12H21Cl2N5/c1-4-19(5-2)8-6-7-9(3)15-11-10(13)17-18-12(14)16-11/h9H,4-8H2,1-3H3,(H,15,16,18). The molecule has 0 aromatic carbocycles. The maximum Gasteiger partial charge on any atom is 0.245 e. The Hall–Kier alpha value is -0.650. The van der Waals surface area contributed by atoms with Gasteiger partial charge in [0, 0.05) is 6.04 Å². The van der Waals surface area contributed by atoms with Crippen molar-refractivity contribution >= 4 is 29.0 Å². The van der Waals surface area contributed by atoms with Gasteiger partial charge in [0.25, 0.3) is 0 Å². The third-order valence-corrected chi connectivity index (χ3v) is 3.42. The summed E-state index contributed by atoms with van der Waals surface area (Å²) in [6.45, 7) is 9.74. The first kappa shape index (κ1) is 16.4. The molecule has 0 saturated carbocycles. The molecule has 0 bridgehead atoms. The second-order valence-electron chi connectivity index (χ2n) is 4.43. The molecular formula is C12H21Cl2N5. The topological polar surface area (TPSA) is 53.9 Å². The van der Waals surface area contributed by atoms with Crippen molar-refractivity contribution in [3.05, 3.63) is 10.4 Å². The van der Waals surface area contributed by atoms with Crippen LogP contribution in [-0.4, -0.2) is 45.8 Å². The second-order valence-corrected chi connectivity index (χ2v) is 5.13. The number of hydrogen-bond donors (Lipinski definition) is 1. The van der Waals surface area contributed by atoms with Gasteiger partial charge in [-0.3, -0.25) is 0 Å². The van der Waals surface area contributed by atoms with Crippen LogP contribution in [0.3, 0.4) is 0 Å². The molecule has 1 rings (SSSR count). The summed E-state index contributed by atoms with van der Waals surface area (Å²) in [5.74, 6) is 0.497. The molecule has 0 fully saturated rings. The lowest BCUT2D eigenvalue weighted by Crippen LogP contribution is -2.25. The van der Waals surface area contributed by atoms with Gasteiger partial charge in [-0.2, -0.15) is 4.98 Å². The van der Waals surface area contributed by atoms with E-state index < -0.39 is 0 Å². The van der Waals surface area contributed by atoms with Gasteiger partial charge in [0.1, 0.15) is 0 Å². The molecule has 7 heteroatoms. The molecule has 1 atom stereocenters. The number of nitrogens with one attached hydrogen (secondary N) is 1. The minimum Gasteiger partial charge on any atom is -0.365 e. The maximum absolute atomic E-state index is 5.90. The number of anilines is 1. The fraction of sp³-hybridized carbons (Fsp3) is 0.750. The molecule has 1 N–H and O–H groups in total. The van der Waals surface area contributed by atoms with Crippen molar-refractivity contribution in [2.75, 3.05) is 25.0 Å². The Morgan fingerprint density at radius 2 is 1.89 bits per heavy atom. The van der Waals surface area contributed by atoms with Crippen LogP contribution in [0.2, 0.25) is 10.4 Å². The van der Waals surface area contributed by atoms with E-state index in [9.17, 15) is 0 Å². The first-order chi connectivity index (χ1) is 9.06. The van der Waals surface area contributed by atoms with Crippen LogP contribution in [0.4, 0.5) is 5.82 Å². The number of halogens is 2. The summed E-state index contributed by atoms with van der Waals surface area (Å²) >= 11 is 11.6. The molecule has 1 aromatic heterocycles. The van der Waals surface area contributed by atoms with E-state index in [4.69, 9.17) is 23.2 Å². The summed E-state index contributed by atoms with van der Waals surface area (Å²) in [6, 6.07) is 0.265. The van der Waals surface area contributed by atoms with Crippen molar-refractivity contribution in [3.63, 3.8) is 0 Å². The summed E-state index contributed by atoms with van der Waals surface area (Å²) in [7, 11) is 0. The van der Waals surface area contributed by atoms with Crippen LogP contribution in [0.25, 0.3) is 0 Å². The van der Waals surface area contributed by atoms with E-state index in [2.05, 4.69) is 46.2 Å². The molecule has 0 aliphatic carbocycles. The molecule has 1 heterocycles. The largest absolute Gasteiger partial charge is 0.365 e. The SMILES string of the molecule is CCN(CC)CCCC(C)Nc1nc(Cl)nnc1Cl. The smallest absolute Gasteiger partial charge is 0.245 e. The van der Waals surface area contributed by atoms with Crippen molar-refractivity contribution in [1.82, 2.24) is 20.1 Å². The van der Waals surface area contributed by atoms with Gasteiger partial charge in [0.15, 0.2) is 11.0 Å². The van der Waals surface area contributed by atoms with E-state index in [0.717, 1.165) is 32.5 Å². The van der Waals surface area contributed by atoms with E-state index in [1.54, 1.807) is 0 Å². The molecule has 0 amide bonds. The molecule has 0 saturated heterocycles. The predicted octanol–water partition coefficient (Wildman–Crippen LogP) is 3.10. The van der Waals surface area contributed by atoms with Crippen LogP contribution in [0.15, 0.2) is 0 Å². The Labute approximate surface area is 124 Å². The monoisotopic (exact) mass is 305 g/mol. The van der Waals surface area contributed by atoms with Crippen LogP contribution < -0.4 is 5.32 Å². The Morgan fingerprint density at radius 3 is 2.53 bits per heavy atom. The average molecular weight is 306 g/mol. The molecular weight excluding hydrogens is 285 g/mol. The normalized spacial score (nSPS) is 12.7. The fourth-order valence-corrected chi connectivity index (χ4v) is 2.11. The zero-order valence-corrected chi connectivity index (χ0v) is 13.2. The van der Waals surface area contributed by atoms with Gasteiger partial charge in [-0.1, -0.05) is 25.4 Å². The van der Waals surface area contributed by atoms with Crippen molar-refractivity contribution in [2.24, 2.45) is 0 Å². The zero-order chi connectivity index (χ0) is 14.3. The van der Waals surface area contributed by atoms with E-state index in [1.807, 2.05) is 0 Å². The van der Waals surface area contributed by atoms with Gasteiger partial charge < -0.3 is 10.2 Å².